The number of rotatable bonds is 1. The molecule has 0 saturated heterocycles. The second-order valence-corrected chi connectivity index (χ2v) is 11.7. The summed E-state index contributed by atoms with van der Waals surface area (Å²) in [7, 11) is 0. The minimum Gasteiger partial charge on any atom is -0.475 e. The van der Waals surface area contributed by atoms with Gasteiger partial charge < -0.3 is 9.67 Å². The van der Waals surface area contributed by atoms with Crippen molar-refractivity contribution in [3.63, 3.8) is 0 Å². The lowest BCUT2D eigenvalue weighted by Crippen LogP contribution is -2.52. The van der Waals surface area contributed by atoms with Gasteiger partial charge in [-0.3, -0.25) is 0 Å². The molecule has 0 amide bonds. The van der Waals surface area contributed by atoms with Crippen molar-refractivity contribution < 1.29 is 23.1 Å². The molecule has 0 spiro atoms. The molecule has 1 aromatic heterocycles. The third kappa shape index (κ3) is 3.22. The van der Waals surface area contributed by atoms with Gasteiger partial charge in [-0.1, -0.05) is 20.8 Å². The fourth-order valence-corrected chi connectivity index (χ4v) is 8.31. The number of carboxylic acid groups (broad SMARTS) is 1. The van der Waals surface area contributed by atoms with Crippen LogP contribution in [0.5, 0.6) is 0 Å². The Morgan fingerprint density at radius 1 is 1.03 bits per heavy atom. The zero-order valence-corrected chi connectivity index (χ0v) is 18.5. The smallest absolute Gasteiger partial charge is 0.475 e. The minimum atomic E-state index is -5.08. The molecule has 2 aliphatic heterocycles. The van der Waals surface area contributed by atoms with E-state index in [0.29, 0.717) is 16.9 Å². The number of carbonyl (C=O) groups is 1. The fraction of sp³-hybridized carbons (Fsp3) is 0.870. The Labute approximate surface area is 180 Å². The Kier molecular flexibility index (Phi) is 4.60. The molecule has 0 aromatic carbocycles. The normalized spacial score (nSPS) is 41.5. The maximum Gasteiger partial charge on any atom is 0.490 e. The zero-order chi connectivity index (χ0) is 22.3. The van der Waals surface area contributed by atoms with Gasteiger partial charge in [-0.25, -0.2) is 4.79 Å². The minimum absolute atomic E-state index is 0.384. The molecule has 5 aliphatic carbocycles. The van der Waals surface area contributed by atoms with Crippen LogP contribution < -0.4 is 0 Å². The summed E-state index contributed by atoms with van der Waals surface area (Å²) >= 11 is 0. The van der Waals surface area contributed by atoms with Crippen LogP contribution in [0.15, 0.2) is 0 Å². The van der Waals surface area contributed by atoms with Gasteiger partial charge in [-0.15, -0.1) is 10.2 Å². The van der Waals surface area contributed by atoms with E-state index in [1.807, 2.05) is 0 Å². The van der Waals surface area contributed by atoms with Crippen LogP contribution in [-0.2, 0) is 16.6 Å². The molecule has 0 radical (unpaired) electrons. The average molecular weight is 440 g/mol. The molecule has 7 aliphatic rings. The summed E-state index contributed by atoms with van der Waals surface area (Å²) in [5.74, 6) is 4.54. The predicted molar refractivity (Wildman–Crippen MR) is 107 cm³/mol. The van der Waals surface area contributed by atoms with E-state index in [-0.39, 0.29) is 0 Å². The highest BCUT2D eigenvalue weighted by Crippen LogP contribution is 2.64. The Balaban J connectivity index is 0.000000256. The van der Waals surface area contributed by atoms with Crippen molar-refractivity contribution in [1.82, 2.24) is 14.8 Å². The lowest BCUT2D eigenvalue weighted by molar-refractivity contribution is -0.192. The quantitative estimate of drug-likeness (QED) is 0.656. The van der Waals surface area contributed by atoms with Crippen molar-refractivity contribution in [3.05, 3.63) is 11.6 Å². The number of hydrogen-bond acceptors (Lipinski definition) is 3. The monoisotopic (exact) mass is 439 g/mol. The number of hydrogen-bond donors (Lipinski definition) is 1. The largest absolute Gasteiger partial charge is 0.490 e. The standard InChI is InChI=1S/C21H31N3.C2HF3O2/c1-12-4-18-22-23-19(24(18)17-8-16(12)20(17,2)3)21-9-13-5-14(10-21)7-15(6-13)11-21;3-2(4,5)1(6)7/h12-17H,4-11H2,1-3H3;(H,6,7). The lowest BCUT2D eigenvalue weighted by Gasteiger charge is -2.58. The van der Waals surface area contributed by atoms with Crippen LogP contribution in [-0.4, -0.2) is 32.0 Å². The van der Waals surface area contributed by atoms with Gasteiger partial charge in [-0.2, -0.15) is 13.2 Å². The average Bonchev–Trinajstić information content (AvgIpc) is 2.93. The summed E-state index contributed by atoms with van der Waals surface area (Å²) in [5, 5.41) is 16.8. The number of nitrogens with zero attached hydrogens (tertiary/aromatic N) is 3. The fourth-order valence-electron chi connectivity index (χ4n) is 8.31. The second-order valence-electron chi connectivity index (χ2n) is 11.7. The highest BCUT2D eigenvalue weighted by molar-refractivity contribution is 5.73. The topological polar surface area (TPSA) is 68.0 Å². The van der Waals surface area contributed by atoms with E-state index >= 15 is 0 Å². The van der Waals surface area contributed by atoms with Crippen LogP contribution in [0.3, 0.4) is 0 Å². The van der Waals surface area contributed by atoms with Crippen molar-refractivity contribution in [1.29, 1.82) is 0 Å². The number of fused-ring (bicyclic) bond motifs is 1. The van der Waals surface area contributed by atoms with Gasteiger partial charge in [0.2, 0.25) is 0 Å². The van der Waals surface area contributed by atoms with Crippen molar-refractivity contribution in [2.75, 3.05) is 0 Å². The van der Waals surface area contributed by atoms with Crippen molar-refractivity contribution in [2.24, 2.45) is 35.0 Å². The number of aromatic nitrogens is 3. The van der Waals surface area contributed by atoms with Gasteiger partial charge in [0, 0.05) is 17.9 Å². The molecule has 5 fully saturated rings. The Hall–Kier alpha value is -1.60. The molecular formula is C23H32F3N3O2. The number of aliphatic carboxylic acids is 1. The number of alkyl halides is 3. The third-order valence-electron chi connectivity index (χ3n) is 9.32. The lowest BCUT2D eigenvalue weighted by atomic mass is 9.49. The summed E-state index contributed by atoms with van der Waals surface area (Å²) < 4.78 is 34.4. The first kappa shape index (κ1) is 21.3. The first-order chi connectivity index (χ1) is 14.4. The van der Waals surface area contributed by atoms with Crippen molar-refractivity contribution in [2.45, 2.75) is 89.8 Å². The Bertz CT molecular complexity index is 856. The highest BCUT2D eigenvalue weighted by Gasteiger charge is 2.58. The van der Waals surface area contributed by atoms with E-state index in [1.54, 1.807) is 0 Å². The first-order valence-corrected chi connectivity index (χ1v) is 11.6. The molecule has 8 heteroatoms. The molecule has 172 valence electrons. The van der Waals surface area contributed by atoms with Gasteiger partial charge in [-0.05, 0) is 80.0 Å². The van der Waals surface area contributed by atoms with Gasteiger partial charge in [0.05, 0.1) is 0 Å². The third-order valence-corrected chi connectivity index (χ3v) is 9.32. The summed E-state index contributed by atoms with van der Waals surface area (Å²) in [5.41, 5.74) is 0.804. The van der Waals surface area contributed by atoms with E-state index in [2.05, 4.69) is 25.3 Å². The molecule has 5 saturated carbocycles. The molecule has 6 bridgehead atoms. The van der Waals surface area contributed by atoms with E-state index in [9.17, 15) is 13.2 Å². The van der Waals surface area contributed by atoms with Gasteiger partial charge in [0.25, 0.3) is 0 Å². The molecule has 31 heavy (non-hydrogen) atoms. The predicted octanol–water partition coefficient (Wildman–Crippen LogP) is 5.16. The molecule has 3 unspecified atom stereocenters. The number of carboxylic acids is 1. The SMILES string of the molecule is CC1Cc2nnc(C34CC5CC(CC(C5)C3)C4)n2C2CC1C2(C)C.O=C(O)C(F)(F)F. The summed E-state index contributed by atoms with van der Waals surface area (Å²) in [6.07, 6.45) is 6.16. The summed E-state index contributed by atoms with van der Waals surface area (Å²) in [6, 6.07) is 0.653. The molecule has 1 N–H and O–H groups in total. The van der Waals surface area contributed by atoms with Gasteiger partial charge in [0.15, 0.2) is 0 Å². The van der Waals surface area contributed by atoms with Crippen LogP contribution in [0.4, 0.5) is 13.2 Å². The molecule has 3 atom stereocenters. The van der Waals surface area contributed by atoms with E-state index < -0.39 is 12.1 Å². The Morgan fingerprint density at radius 2 is 1.55 bits per heavy atom. The van der Waals surface area contributed by atoms with E-state index in [0.717, 1.165) is 36.0 Å². The molecular weight excluding hydrogens is 407 g/mol. The second kappa shape index (κ2) is 6.70. The zero-order valence-electron chi connectivity index (χ0n) is 18.5. The maximum atomic E-state index is 10.6. The van der Waals surface area contributed by atoms with Gasteiger partial charge >= 0.3 is 12.1 Å². The Morgan fingerprint density at radius 3 is 2.00 bits per heavy atom. The van der Waals surface area contributed by atoms with Crippen LogP contribution >= 0.6 is 0 Å². The van der Waals surface area contributed by atoms with Crippen LogP contribution in [0, 0.1) is 35.0 Å². The van der Waals surface area contributed by atoms with Crippen molar-refractivity contribution in [3.8, 4) is 0 Å². The van der Waals surface area contributed by atoms with Crippen LogP contribution in [0.2, 0.25) is 0 Å². The summed E-state index contributed by atoms with van der Waals surface area (Å²) in [4.78, 5) is 8.90. The van der Waals surface area contributed by atoms with Crippen molar-refractivity contribution >= 4 is 5.97 Å². The molecule has 1 aromatic rings. The molecule has 3 heterocycles. The van der Waals surface area contributed by atoms with Gasteiger partial charge in [0.1, 0.15) is 11.6 Å². The number of halogens is 3. The highest BCUT2D eigenvalue weighted by atomic mass is 19.4. The van der Waals surface area contributed by atoms with E-state index in [4.69, 9.17) is 20.1 Å². The molecule has 5 nitrogen and oxygen atoms in total. The van der Waals surface area contributed by atoms with E-state index in [1.165, 1.54) is 56.6 Å². The first-order valence-electron chi connectivity index (χ1n) is 11.6. The molecule has 8 rings (SSSR count). The maximum absolute atomic E-state index is 10.6. The van der Waals surface area contributed by atoms with Crippen LogP contribution in [0.25, 0.3) is 0 Å². The van der Waals surface area contributed by atoms with Crippen LogP contribution in [0.1, 0.15) is 83.4 Å². The summed E-state index contributed by atoms with van der Waals surface area (Å²) in [6.45, 7) is 7.44.